The Morgan fingerprint density at radius 1 is 1.21 bits per heavy atom. The molecule has 0 aromatic heterocycles. The molecule has 19 heavy (non-hydrogen) atoms. The predicted octanol–water partition coefficient (Wildman–Crippen LogP) is 1.81. The zero-order valence-electron chi connectivity index (χ0n) is 11.9. The molecule has 4 nitrogen and oxygen atoms in total. The summed E-state index contributed by atoms with van der Waals surface area (Å²) in [6.07, 6.45) is 6.86. The van der Waals surface area contributed by atoms with E-state index in [0.717, 1.165) is 31.0 Å². The van der Waals surface area contributed by atoms with Crippen LogP contribution < -0.4 is 10.6 Å². The van der Waals surface area contributed by atoms with Crippen LogP contribution in [0.15, 0.2) is 4.99 Å². The van der Waals surface area contributed by atoms with Crippen LogP contribution >= 0.6 is 24.0 Å². The first-order valence-corrected chi connectivity index (χ1v) is 7.64. The number of hydrogen-bond donors (Lipinski definition) is 2. The summed E-state index contributed by atoms with van der Waals surface area (Å²) in [7, 11) is 0. The SMILES string of the molecule is CCNC(=NCC1CC1)NC1CCN(C2CC2)C1.I. The van der Waals surface area contributed by atoms with Gasteiger partial charge in [0.25, 0.3) is 0 Å². The van der Waals surface area contributed by atoms with E-state index in [1.54, 1.807) is 0 Å². The van der Waals surface area contributed by atoms with E-state index >= 15 is 0 Å². The van der Waals surface area contributed by atoms with E-state index in [9.17, 15) is 0 Å². The van der Waals surface area contributed by atoms with Gasteiger partial charge in [-0.15, -0.1) is 24.0 Å². The van der Waals surface area contributed by atoms with Crippen LogP contribution in [0.1, 0.15) is 39.0 Å². The lowest BCUT2D eigenvalue weighted by Crippen LogP contribution is -2.44. The number of nitrogens with one attached hydrogen (secondary N) is 2. The number of hydrogen-bond acceptors (Lipinski definition) is 2. The highest BCUT2D eigenvalue weighted by atomic mass is 127. The quantitative estimate of drug-likeness (QED) is 0.436. The molecule has 2 aliphatic carbocycles. The van der Waals surface area contributed by atoms with Crippen molar-refractivity contribution in [3.05, 3.63) is 0 Å². The van der Waals surface area contributed by atoms with Crippen molar-refractivity contribution in [2.45, 2.75) is 51.1 Å². The van der Waals surface area contributed by atoms with Crippen molar-refractivity contribution in [1.29, 1.82) is 0 Å². The zero-order chi connectivity index (χ0) is 12.4. The average Bonchev–Trinajstić information content (AvgIpc) is 3.27. The molecule has 2 N–H and O–H groups in total. The van der Waals surface area contributed by atoms with Gasteiger partial charge in [0.05, 0.1) is 0 Å². The third kappa shape index (κ3) is 4.77. The molecule has 0 spiro atoms. The molecule has 0 amide bonds. The third-order valence-electron chi connectivity index (χ3n) is 4.17. The fourth-order valence-electron chi connectivity index (χ4n) is 2.71. The molecule has 1 atom stereocenters. The van der Waals surface area contributed by atoms with E-state index in [-0.39, 0.29) is 24.0 Å². The summed E-state index contributed by atoms with van der Waals surface area (Å²) in [6, 6.07) is 1.50. The molecule has 1 heterocycles. The minimum atomic E-state index is 0. The lowest BCUT2D eigenvalue weighted by Gasteiger charge is -2.18. The molecular formula is C14H27IN4. The van der Waals surface area contributed by atoms with E-state index in [4.69, 9.17) is 4.99 Å². The minimum Gasteiger partial charge on any atom is -0.357 e. The molecule has 2 saturated carbocycles. The second-order valence-electron chi connectivity index (χ2n) is 6.02. The van der Waals surface area contributed by atoms with Crippen molar-refractivity contribution in [2.24, 2.45) is 10.9 Å². The highest BCUT2D eigenvalue weighted by Crippen LogP contribution is 2.30. The van der Waals surface area contributed by atoms with E-state index in [1.165, 1.54) is 45.2 Å². The maximum absolute atomic E-state index is 4.70. The van der Waals surface area contributed by atoms with Gasteiger partial charge in [-0.05, 0) is 44.9 Å². The van der Waals surface area contributed by atoms with Crippen molar-refractivity contribution in [2.75, 3.05) is 26.2 Å². The Morgan fingerprint density at radius 2 is 2.00 bits per heavy atom. The van der Waals surface area contributed by atoms with E-state index in [0.29, 0.717) is 6.04 Å². The van der Waals surface area contributed by atoms with Crippen LogP contribution in [0.5, 0.6) is 0 Å². The number of aliphatic imine (C=N–C) groups is 1. The first-order chi connectivity index (χ1) is 8.85. The maximum atomic E-state index is 4.70. The largest absolute Gasteiger partial charge is 0.357 e. The van der Waals surface area contributed by atoms with Gasteiger partial charge >= 0.3 is 0 Å². The van der Waals surface area contributed by atoms with Gasteiger partial charge < -0.3 is 10.6 Å². The van der Waals surface area contributed by atoms with E-state index < -0.39 is 0 Å². The third-order valence-corrected chi connectivity index (χ3v) is 4.17. The lowest BCUT2D eigenvalue weighted by atomic mass is 10.3. The normalized spacial score (nSPS) is 28.1. The Kier molecular flexibility index (Phi) is 5.74. The Morgan fingerprint density at radius 3 is 2.63 bits per heavy atom. The topological polar surface area (TPSA) is 39.7 Å². The van der Waals surface area contributed by atoms with Crippen molar-refractivity contribution in [1.82, 2.24) is 15.5 Å². The minimum absolute atomic E-state index is 0. The van der Waals surface area contributed by atoms with Gasteiger partial charge in [-0.1, -0.05) is 0 Å². The summed E-state index contributed by atoms with van der Waals surface area (Å²) in [6.45, 7) is 6.58. The van der Waals surface area contributed by atoms with E-state index in [2.05, 4.69) is 22.5 Å². The van der Waals surface area contributed by atoms with Gasteiger partial charge in [0.15, 0.2) is 5.96 Å². The molecule has 0 radical (unpaired) electrons. The Hall–Kier alpha value is -0.0400. The van der Waals surface area contributed by atoms with Gasteiger partial charge in [-0.2, -0.15) is 0 Å². The molecule has 3 fully saturated rings. The summed E-state index contributed by atoms with van der Waals surface area (Å²) < 4.78 is 0. The molecule has 0 aromatic carbocycles. The molecular weight excluding hydrogens is 351 g/mol. The molecule has 1 unspecified atom stereocenters. The van der Waals surface area contributed by atoms with Crippen LogP contribution in [0.2, 0.25) is 0 Å². The molecule has 0 aromatic rings. The molecule has 5 heteroatoms. The molecule has 3 rings (SSSR count). The molecule has 1 aliphatic heterocycles. The fraction of sp³-hybridized carbons (Fsp3) is 0.929. The maximum Gasteiger partial charge on any atom is 0.191 e. The lowest BCUT2D eigenvalue weighted by molar-refractivity contribution is 0.321. The van der Waals surface area contributed by atoms with Crippen molar-refractivity contribution in [3.63, 3.8) is 0 Å². The Labute approximate surface area is 133 Å². The highest BCUT2D eigenvalue weighted by molar-refractivity contribution is 14.0. The second-order valence-corrected chi connectivity index (χ2v) is 6.02. The summed E-state index contributed by atoms with van der Waals surface area (Å²) in [5, 5.41) is 6.98. The first kappa shape index (κ1) is 15.4. The number of rotatable bonds is 5. The van der Waals surface area contributed by atoms with Gasteiger partial charge in [-0.25, -0.2) is 0 Å². The van der Waals surface area contributed by atoms with Crippen LogP contribution in [-0.2, 0) is 0 Å². The van der Waals surface area contributed by atoms with Crippen LogP contribution in [0.3, 0.4) is 0 Å². The highest BCUT2D eigenvalue weighted by Gasteiger charge is 2.34. The molecule has 3 aliphatic rings. The van der Waals surface area contributed by atoms with Crippen LogP contribution in [0, 0.1) is 5.92 Å². The van der Waals surface area contributed by atoms with Crippen LogP contribution in [-0.4, -0.2) is 49.1 Å². The number of likely N-dealkylation sites (tertiary alicyclic amines) is 1. The van der Waals surface area contributed by atoms with Crippen molar-refractivity contribution in [3.8, 4) is 0 Å². The standard InChI is InChI=1S/C14H26N4.HI/c1-2-15-14(16-9-11-3-4-11)17-12-7-8-18(10-12)13-5-6-13;/h11-13H,2-10H2,1H3,(H2,15,16,17);1H. The molecule has 110 valence electrons. The second kappa shape index (κ2) is 7.11. The smallest absolute Gasteiger partial charge is 0.191 e. The van der Waals surface area contributed by atoms with Crippen LogP contribution in [0.25, 0.3) is 0 Å². The fourth-order valence-corrected chi connectivity index (χ4v) is 2.71. The monoisotopic (exact) mass is 378 g/mol. The Balaban J connectivity index is 0.00000133. The van der Waals surface area contributed by atoms with E-state index in [1.807, 2.05) is 0 Å². The summed E-state index contributed by atoms with van der Waals surface area (Å²) in [5.74, 6) is 1.90. The first-order valence-electron chi connectivity index (χ1n) is 7.64. The Bertz CT molecular complexity index is 313. The van der Waals surface area contributed by atoms with Gasteiger partial charge in [-0.3, -0.25) is 9.89 Å². The number of halogens is 1. The molecule has 1 saturated heterocycles. The predicted molar refractivity (Wildman–Crippen MR) is 90.3 cm³/mol. The summed E-state index contributed by atoms with van der Waals surface area (Å²) in [5.41, 5.74) is 0. The summed E-state index contributed by atoms with van der Waals surface area (Å²) in [4.78, 5) is 7.34. The number of guanidine groups is 1. The zero-order valence-corrected chi connectivity index (χ0v) is 14.2. The number of nitrogens with zero attached hydrogens (tertiary/aromatic N) is 2. The van der Waals surface area contributed by atoms with Crippen molar-refractivity contribution >= 4 is 29.9 Å². The van der Waals surface area contributed by atoms with Gasteiger partial charge in [0, 0.05) is 38.3 Å². The molecule has 0 bridgehead atoms. The average molecular weight is 378 g/mol. The van der Waals surface area contributed by atoms with Crippen LogP contribution in [0.4, 0.5) is 0 Å². The van der Waals surface area contributed by atoms with Crippen molar-refractivity contribution < 1.29 is 0 Å². The van der Waals surface area contributed by atoms with Gasteiger partial charge in [0.1, 0.15) is 0 Å². The van der Waals surface area contributed by atoms with Gasteiger partial charge in [0.2, 0.25) is 0 Å². The summed E-state index contributed by atoms with van der Waals surface area (Å²) >= 11 is 0.